The number of halogens is 2. The summed E-state index contributed by atoms with van der Waals surface area (Å²) in [5, 5.41) is 10.1. The highest BCUT2D eigenvalue weighted by molar-refractivity contribution is 9.10. The average molecular weight is 305 g/mol. The van der Waals surface area contributed by atoms with Crippen molar-refractivity contribution in [1.82, 2.24) is 4.90 Å². The zero-order chi connectivity index (χ0) is 11.9. The molecule has 2 rings (SSSR count). The SMILES string of the molecule is CC1(O)CN(C(=O)c2ccc(Cl)cc2Br)C1. The maximum Gasteiger partial charge on any atom is 0.255 e. The predicted molar refractivity (Wildman–Crippen MR) is 65.7 cm³/mol. The Hall–Kier alpha value is -0.580. The molecule has 1 aliphatic rings. The molecule has 1 heterocycles. The number of carbonyl (C=O) groups is 1. The summed E-state index contributed by atoms with van der Waals surface area (Å²) in [5.41, 5.74) is -0.172. The summed E-state index contributed by atoms with van der Waals surface area (Å²) in [6.45, 7) is 2.47. The van der Waals surface area contributed by atoms with Gasteiger partial charge in [-0.3, -0.25) is 4.79 Å². The van der Waals surface area contributed by atoms with E-state index in [1.54, 1.807) is 30.0 Å². The summed E-state index contributed by atoms with van der Waals surface area (Å²) in [7, 11) is 0. The van der Waals surface area contributed by atoms with Gasteiger partial charge < -0.3 is 10.0 Å². The lowest BCUT2D eigenvalue weighted by atomic mass is 9.96. The Balaban J connectivity index is 2.16. The molecule has 0 aromatic heterocycles. The van der Waals surface area contributed by atoms with E-state index < -0.39 is 5.60 Å². The molecule has 5 heteroatoms. The van der Waals surface area contributed by atoms with Crippen LogP contribution in [0.2, 0.25) is 5.02 Å². The predicted octanol–water partition coefficient (Wildman–Crippen LogP) is 2.31. The lowest BCUT2D eigenvalue weighted by Gasteiger charge is -2.44. The van der Waals surface area contributed by atoms with E-state index in [1.165, 1.54) is 0 Å². The maximum absolute atomic E-state index is 12.0. The molecule has 0 bridgehead atoms. The van der Waals surface area contributed by atoms with Gasteiger partial charge in [0.15, 0.2) is 0 Å². The molecular formula is C11H11BrClNO2. The van der Waals surface area contributed by atoms with Crippen LogP contribution in [0, 0.1) is 0 Å². The first-order valence-corrected chi connectivity index (χ1v) is 6.03. The molecule has 16 heavy (non-hydrogen) atoms. The standard InChI is InChI=1S/C11H11BrClNO2/c1-11(16)5-14(6-11)10(15)8-3-2-7(13)4-9(8)12/h2-4,16H,5-6H2,1H3. The summed E-state index contributed by atoms with van der Waals surface area (Å²) in [5.74, 6) is -0.0879. The van der Waals surface area contributed by atoms with Crippen molar-refractivity contribution >= 4 is 33.4 Å². The number of benzene rings is 1. The molecule has 1 aliphatic heterocycles. The molecule has 0 unspecified atom stereocenters. The molecular weight excluding hydrogens is 293 g/mol. The first-order valence-electron chi connectivity index (χ1n) is 4.86. The van der Waals surface area contributed by atoms with Crippen molar-refractivity contribution in [3.8, 4) is 0 Å². The first-order chi connectivity index (χ1) is 7.39. The Morgan fingerprint density at radius 1 is 1.56 bits per heavy atom. The highest BCUT2D eigenvalue weighted by Gasteiger charge is 2.39. The van der Waals surface area contributed by atoms with Crippen molar-refractivity contribution in [2.24, 2.45) is 0 Å². The quantitative estimate of drug-likeness (QED) is 0.865. The van der Waals surface area contributed by atoms with Gasteiger partial charge in [0.2, 0.25) is 0 Å². The number of likely N-dealkylation sites (tertiary alicyclic amines) is 1. The van der Waals surface area contributed by atoms with Crippen molar-refractivity contribution < 1.29 is 9.90 Å². The van der Waals surface area contributed by atoms with E-state index in [9.17, 15) is 9.90 Å². The third kappa shape index (κ3) is 2.24. The summed E-state index contributed by atoms with van der Waals surface area (Å²) in [4.78, 5) is 13.6. The molecule has 1 aromatic rings. The van der Waals surface area contributed by atoms with Gasteiger partial charge >= 0.3 is 0 Å². The van der Waals surface area contributed by atoms with Crippen LogP contribution in [0.1, 0.15) is 17.3 Å². The molecule has 86 valence electrons. The fourth-order valence-electron chi connectivity index (χ4n) is 1.75. The number of rotatable bonds is 1. The topological polar surface area (TPSA) is 40.5 Å². The lowest BCUT2D eigenvalue weighted by Crippen LogP contribution is -2.61. The second-order valence-electron chi connectivity index (χ2n) is 4.28. The van der Waals surface area contributed by atoms with E-state index in [-0.39, 0.29) is 5.91 Å². The van der Waals surface area contributed by atoms with Crippen LogP contribution in [-0.2, 0) is 0 Å². The van der Waals surface area contributed by atoms with Crippen molar-refractivity contribution in [2.45, 2.75) is 12.5 Å². The van der Waals surface area contributed by atoms with Crippen LogP contribution in [0.15, 0.2) is 22.7 Å². The average Bonchev–Trinajstić information content (AvgIpc) is 2.13. The molecule has 1 amide bonds. The van der Waals surface area contributed by atoms with E-state index >= 15 is 0 Å². The third-order valence-electron chi connectivity index (χ3n) is 2.51. The monoisotopic (exact) mass is 303 g/mol. The van der Waals surface area contributed by atoms with Crippen LogP contribution in [-0.4, -0.2) is 34.6 Å². The summed E-state index contributed by atoms with van der Waals surface area (Å²) in [6, 6.07) is 5.05. The van der Waals surface area contributed by atoms with Crippen molar-refractivity contribution in [3.05, 3.63) is 33.3 Å². The van der Waals surface area contributed by atoms with E-state index in [4.69, 9.17) is 11.6 Å². The number of carbonyl (C=O) groups excluding carboxylic acids is 1. The van der Waals surface area contributed by atoms with Gasteiger partial charge in [0.05, 0.1) is 24.3 Å². The molecule has 0 saturated carbocycles. The summed E-state index contributed by atoms with van der Waals surface area (Å²) < 4.78 is 0.677. The van der Waals surface area contributed by atoms with Crippen LogP contribution < -0.4 is 0 Å². The molecule has 0 spiro atoms. The molecule has 0 radical (unpaired) electrons. The van der Waals surface area contributed by atoms with Crippen LogP contribution in [0.5, 0.6) is 0 Å². The van der Waals surface area contributed by atoms with Gasteiger partial charge in [0, 0.05) is 9.50 Å². The van der Waals surface area contributed by atoms with Gasteiger partial charge in [-0.15, -0.1) is 0 Å². The minimum absolute atomic E-state index is 0.0879. The number of amides is 1. The molecule has 0 atom stereocenters. The molecule has 1 aromatic carbocycles. The lowest BCUT2D eigenvalue weighted by molar-refractivity contribution is -0.0669. The van der Waals surface area contributed by atoms with Gasteiger partial charge in [-0.1, -0.05) is 11.6 Å². The fraction of sp³-hybridized carbons (Fsp3) is 0.364. The maximum atomic E-state index is 12.0. The van der Waals surface area contributed by atoms with E-state index in [0.717, 1.165) is 0 Å². The molecule has 1 fully saturated rings. The molecule has 0 aliphatic carbocycles. The van der Waals surface area contributed by atoms with Crippen molar-refractivity contribution in [3.63, 3.8) is 0 Å². The van der Waals surface area contributed by atoms with E-state index in [2.05, 4.69) is 15.9 Å². The minimum atomic E-state index is -0.742. The normalized spacial score (nSPS) is 18.1. The van der Waals surface area contributed by atoms with E-state index in [1.807, 2.05) is 0 Å². The summed E-state index contributed by atoms with van der Waals surface area (Å²) >= 11 is 9.10. The van der Waals surface area contributed by atoms with Gasteiger partial charge in [0.1, 0.15) is 0 Å². The van der Waals surface area contributed by atoms with Gasteiger partial charge in [0.25, 0.3) is 5.91 Å². The fourth-order valence-corrected chi connectivity index (χ4v) is 2.61. The largest absolute Gasteiger partial charge is 0.386 e. The van der Waals surface area contributed by atoms with E-state index in [0.29, 0.717) is 28.1 Å². The first kappa shape index (κ1) is 11.9. The zero-order valence-electron chi connectivity index (χ0n) is 8.70. The van der Waals surface area contributed by atoms with Crippen molar-refractivity contribution in [1.29, 1.82) is 0 Å². The Morgan fingerprint density at radius 2 is 2.19 bits per heavy atom. The van der Waals surface area contributed by atoms with Gasteiger partial charge in [-0.25, -0.2) is 0 Å². The molecule has 1 saturated heterocycles. The smallest absolute Gasteiger partial charge is 0.255 e. The highest BCUT2D eigenvalue weighted by atomic mass is 79.9. The Labute approximate surface area is 107 Å². The minimum Gasteiger partial charge on any atom is -0.386 e. The Morgan fingerprint density at radius 3 is 2.69 bits per heavy atom. The Bertz CT molecular complexity index is 440. The van der Waals surface area contributed by atoms with Crippen LogP contribution in [0.3, 0.4) is 0 Å². The molecule has 1 N–H and O–H groups in total. The van der Waals surface area contributed by atoms with Crippen LogP contribution >= 0.6 is 27.5 Å². The van der Waals surface area contributed by atoms with Crippen molar-refractivity contribution in [2.75, 3.05) is 13.1 Å². The van der Waals surface area contributed by atoms with Gasteiger partial charge in [-0.2, -0.15) is 0 Å². The second kappa shape index (κ2) is 4.02. The van der Waals surface area contributed by atoms with Crippen LogP contribution in [0.25, 0.3) is 0 Å². The number of aliphatic hydroxyl groups is 1. The number of nitrogens with zero attached hydrogens (tertiary/aromatic N) is 1. The molecule has 3 nitrogen and oxygen atoms in total. The Kier molecular flexibility index (Phi) is 2.99. The van der Waals surface area contributed by atoms with Gasteiger partial charge in [-0.05, 0) is 41.1 Å². The van der Waals surface area contributed by atoms with Crippen LogP contribution in [0.4, 0.5) is 0 Å². The highest BCUT2D eigenvalue weighted by Crippen LogP contribution is 2.27. The summed E-state index contributed by atoms with van der Waals surface area (Å²) in [6.07, 6.45) is 0. The number of hydrogen-bond donors (Lipinski definition) is 1. The third-order valence-corrected chi connectivity index (χ3v) is 3.40. The zero-order valence-corrected chi connectivity index (χ0v) is 11.0. The number of hydrogen-bond acceptors (Lipinski definition) is 2. The number of β-amino-alcohol motifs (C(OH)–C–C–N with tert-alkyl or cyclic N) is 1. The second-order valence-corrected chi connectivity index (χ2v) is 5.57.